The fourth-order valence-electron chi connectivity index (χ4n) is 3.78. The van der Waals surface area contributed by atoms with E-state index in [-0.39, 0.29) is 11.9 Å². The van der Waals surface area contributed by atoms with Crippen LogP contribution in [0, 0.1) is 6.92 Å². The van der Waals surface area contributed by atoms with E-state index in [2.05, 4.69) is 0 Å². The molecule has 0 unspecified atom stereocenters. The summed E-state index contributed by atoms with van der Waals surface area (Å²) in [5.74, 6) is 1.21. The van der Waals surface area contributed by atoms with E-state index < -0.39 is 0 Å². The molecule has 0 radical (unpaired) electrons. The van der Waals surface area contributed by atoms with E-state index in [0.29, 0.717) is 43.2 Å². The molecule has 0 saturated carbocycles. The quantitative estimate of drug-likeness (QED) is 0.814. The van der Waals surface area contributed by atoms with E-state index >= 15 is 0 Å². The third-order valence-electron chi connectivity index (χ3n) is 5.46. The number of piperidine rings is 1. The van der Waals surface area contributed by atoms with Gasteiger partial charge in [-0.25, -0.2) is 4.79 Å². The van der Waals surface area contributed by atoms with Crippen molar-refractivity contribution in [3.8, 4) is 11.5 Å². The largest absolute Gasteiger partial charge is 0.496 e. The molecular weight excluding hydrogens is 346 g/mol. The van der Waals surface area contributed by atoms with Gasteiger partial charge < -0.3 is 24.2 Å². The van der Waals surface area contributed by atoms with Gasteiger partial charge in [-0.15, -0.1) is 0 Å². The maximum atomic E-state index is 12.9. The Morgan fingerprint density at radius 2 is 1.26 bits per heavy atom. The molecule has 2 heterocycles. The van der Waals surface area contributed by atoms with Crippen LogP contribution in [0.1, 0.15) is 35.2 Å². The molecule has 2 aliphatic rings. The molecular formula is C20H29N3O4. The van der Waals surface area contributed by atoms with Crippen molar-refractivity contribution in [1.82, 2.24) is 14.7 Å². The molecule has 0 atom stereocenters. The number of urea groups is 1. The summed E-state index contributed by atoms with van der Waals surface area (Å²) in [5.41, 5.74) is 1.42. The number of amides is 3. The van der Waals surface area contributed by atoms with Crippen LogP contribution in [0.3, 0.4) is 0 Å². The highest BCUT2D eigenvalue weighted by Gasteiger charge is 2.28. The number of methoxy groups -OCH3 is 2. The maximum Gasteiger partial charge on any atom is 0.320 e. The van der Waals surface area contributed by atoms with Gasteiger partial charge in [0.1, 0.15) is 11.5 Å². The predicted octanol–water partition coefficient (Wildman–Crippen LogP) is 2.38. The Labute approximate surface area is 160 Å². The first-order chi connectivity index (χ1) is 13.0. The lowest BCUT2D eigenvalue weighted by Crippen LogP contribution is -2.54. The van der Waals surface area contributed by atoms with Crippen molar-refractivity contribution >= 4 is 11.9 Å². The average molecular weight is 375 g/mol. The third kappa shape index (κ3) is 4.12. The molecule has 2 saturated heterocycles. The van der Waals surface area contributed by atoms with E-state index in [0.717, 1.165) is 31.5 Å². The fraction of sp³-hybridized carbons (Fsp3) is 0.600. The number of piperazine rings is 1. The normalized spacial score (nSPS) is 17.7. The van der Waals surface area contributed by atoms with Crippen molar-refractivity contribution < 1.29 is 19.1 Å². The van der Waals surface area contributed by atoms with Crippen molar-refractivity contribution in [1.29, 1.82) is 0 Å². The molecule has 0 bridgehead atoms. The van der Waals surface area contributed by atoms with Gasteiger partial charge in [-0.3, -0.25) is 4.79 Å². The van der Waals surface area contributed by atoms with Crippen LogP contribution in [0.5, 0.6) is 11.5 Å². The van der Waals surface area contributed by atoms with Gasteiger partial charge in [0.2, 0.25) is 0 Å². The summed E-state index contributed by atoms with van der Waals surface area (Å²) in [4.78, 5) is 31.1. The Kier molecular flexibility index (Phi) is 6.08. The van der Waals surface area contributed by atoms with Crippen LogP contribution in [0.2, 0.25) is 0 Å². The summed E-state index contributed by atoms with van der Waals surface area (Å²) in [6.45, 7) is 5.81. The van der Waals surface area contributed by atoms with Gasteiger partial charge in [-0.1, -0.05) is 0 Å². The van der Waals surface area contributed by atoms with Gasteiger partial charge in [-0.2, -0.15) is 0 Å². The zero-order valence-electron chi connectivity index (χ0n) is 16.5. The van der Waals surface area contributed by atoms with Crippen LogP contribution < -0.4 is 9.47 Å². The summed E-state index contributed by atoms with van der Waals surface area (Å²) in [5, 5.41) is 0. The summed E-state index contributed by atoms with van der Waals surface area (Å²) in [7, 11) is 3.17. The molecule has 3 rings (SSSR count). The number of nitrogens with zero attached hydrogens (tertiary/aromatic N) is 3. The second-order valence-corrected chi connectivity index (χ2v) is 7.12. The van der Waals surface area contributed by atoms with Crippen molar-refractivity contribution in [2.75, 3.05) is 53.5 Å². The second-order valence-electron chi connectivity index (χ2n) is 7.12. The van der Waals surface area contributed by atoms with Crippen LogP contribution in [0.4, 0.5) is 4.79 Å². The number of ether oxygens (including phenoxy) is 2. The Morgan fingerprint density at radius 3 is 1.78 bits per heavy atom. The Balaban J connectivity index is 1.64. The monoisotopic (exact) mass is 375 g/mol. The van der Waals surface area contributed by atoms with Crippen LogP contribution in [0.15, 0.2) is 12.1 Å². The highest BCUT2D eigenvalue weighted by molar-refractivity contribution is 5.95. The van der Waals surface area contributed by atoms with E-state index in [1.54, 1.807) is 31.3 Å². The lowest BCUT2D eigenvalue weighted by Gasteiger charge is -2.38. The van der Waals surface area contributed by atoms with E-state index in [1.165, 1.54) is 6.42 Å². The molecule has 1 aromatic rings. The number of benzene rings is 1. The van der Waals surface area contributed by atoms with Gasteiger partial charge >= 0.3 is 6.03 Å². The molecule has 7 nitrogen and oxygen atoms in total. The Bertz CT molecular complexity index is 667. The third-order valence-corrected chi connectivity index (χ3v) is 5.46. The molecule has 2 fully saturated rings. The lowest BCUT2D eigenvalue weighted by molar-refractivity contribution is 0.0632. The minimum atomic E-state index is -0.0586. The minimum absolute atomic E-state index is 0.0586. The first-order valence-corrected chi connectivity index (χ1v) is 9.61. The SMILES string of the molecule is COc1cc(C(=O)N2CCN(C(=O)N3CCCCC3)CC2)cc(OC)c1C. The van der Waals surface area contributed by atoms with Gasteiger partial charge in [0.25, 0.3) is 5.91 Å². The standard InChI is InChI=1S/C20H29N3O4/c1-15-17(26-2)13-16(14-18(15)27-3)19(24)21-9-11-23(12-10-21)20(25)22-7-5-4-6-8-22/h13-14H,4-12H2,1-3H3. The molecule has 0 spiro atoms. The smallest absolute Gasteiger partial charge is 0.320 e. The molecule has 2 aliphatic heterocycles. The molecule has 1 aromatic carbocycles. The number of hydrogen-bond donors (Lipinski definition) is 0. The number of carbonyl (C=O) groups excluding carboxylic acids is 2. The molecule has 7 heteroatoms. The summed E-state index contributed by atoms with van der Waals surface area (Å²) >= 11 is 0. The van der Waals surface area contributed by atoms with Gasteiger partial charge in [0.05, 0.1) is 14.2 Å². The Morgan fingerprint density at radius 1 is 0.778 bits per heavy atom. The molecule has 3 amide bonds. The number of carbonyl (C=O) groups is 2. The first-order valence-electron chi connectivity index (χ1n) is 9.61. The van der Waals surface area contributed by atoms with Crippen LogP contribution >= 0.6 is 0 Å². The van der Waals surface area contributed by atoms with Crippen molar-refractivity contribution in [2.24, 2.45) is 0 Å². The minimum Gasteiger partial charge on any atom is -0.496 e. The summed E-state index contributed by atoms with van der Waals surface area (Å²) < 4.78 is 10.7. The average Bonchev–Trinajstić information content (AvgIpc) is 2.73. The molecule has 27 heavy (non-hydrogen) atoms. The molecule has 148 valence electrons. The maximum absolute atomic E-state index is 12.9. The van der Waals surface area contributed by atoms with Crippen molar-refractivity contribution in [2.45, 2.75) is 26.2 Å². The first kappa shape index (κ1) is 19.3. The fourth-order valence-corrected chi connectivity index (χ4v) is 3.78. The van der Waals surface area contributed by atoms with Crippen LogP contribution in [-0.4, -0.2) is 80.1 Å². The number of likely N-dealkylation sites (tertiary alicyclic amines) is 1. The van der Waals surface area contributed by atoms with E-state index in [9.17, 15) is 9.59 Å². The highest BCUT2D eigenvalue weighted by atomic mass is 16.5. The van der Waals surface area contributed by atoms with Crippen molar-refractivity contribution in [3.63, 3.8) is 0 Å². The number of hydrogen-bond acceptors (Lipinski definition) is 4. The lowest BCUT2D eigenvalue weighted by atomic mass is 10.1. The summed E-state index contributed by atoms with van der Waals surface area (Å²) in [6.07, 6.45) is 3.37. The van der Waals surface area contributed by atoms with Gasteiger partial charge in [0.15, 0.2) is 0 Å². The van der Waals surface area contributed by atoms with Crippen LogP contribution in [-0.2, 0) is 0 Å². The number of rotatable bonds is 3. The van der Waals surface area contributed by atoms with Crippen molar-refractivity contribution in [3.05, 3.63) is 23.3 Å². The topological polar surface area (TPSA) is 62.3 Å². The van der Waals surface area contributed by atoms with E-state index in [1.807, 2.05) is 16.7 Å². The Hall–Kier alpha value is -2.44. The van der Waals surface area contributed by atoms with Gasteiger partial charge in [0, 0.05) is 50.4 Å². The van der Waals surface area contributed by atoms with E-state index in [4.69, 9.17) is 9.47 Å². The zero-order chi connectivity index (χ0) is 19.4. The zero-order valence-corrected chi connectivity index (χ0v) is 16.5. The molecule has 0 aromatic heterocycles. The summed E-state index contributed by atoms with van der Waals surface area (Å²) in [6, 6.07) is 3.62. The van der Waals surface area contributed by atoms with Gasteiger partial charge in [-0.05, 0) is 38.3 Å². The predicted molar refractivity (Wildman–Crippen MR) is 103 cm³/mol. The molecule has 0 aliphatic carbocycles. The molecule has 0 N–H and O–H groups in total. The highest BCUT2D eigenvalue weighted by Crippen LogP contribution is 2.30. The van der Waals surface area contributed by atoms with Crippen LogP contribution in [0.25, 0.3) is 0 Å². The second kappa shape index (κ2) is 8.50.